The minimum atomic E-state index is -0.588. The third-order valence-corrected chi connectivity index (χ3v) is 12.4. The second kappa shape index (κ2) is 29.9. The van der Waals surface area contributed by atoms with Gasteiger partial charge in [-0.3, -0.25) is 9.80 Å². The standard InChI is InChI=1S/C28H32ClFN2O3.C22H28ClNO3.C6H6FNO/c29-23-11-9-22(10-12-23)27(31-26-14-13-24(33)18-25(26)30)20-32(19-21-6-2-1-3-7-21)15-17-35-28-8-4-5-16-34-28;23-20-11-9-19(10-12-20)21(25)17-24(16-18-6-2-1-3-7-18)13-15-27-22-8-4-5-14-26-22;7-5-3-4(9)1-2-6(5)8/h1-3,6-7,9-14,18,27-28,31,33H,4-5,8,15-17,19-20H2;1-3,6-7,9-12,21-22,25H,4-5,8,13-17H2;1-3,9H,8H2/t27-,28?;21-,22?;/m00./s1. The lowest BCUT2D eigenvalue weighted by Crippen LogP contribution is -2.35. The first-order chi connectivity index (χ1) is 34.5. The molecule has 15 heteroatoms. The monoisotopic (exact) mass is 1010 g/mol. The zero-order valence-corrected chi connectivity index (χ0v) is 41.4. The summed E-state index contributed by atoms with van der Waals surface area (Å²) in [5.74, 6) is -1.31. The molecule has 4 atom stereocenters. The number of nitrogens with one attached hydrogen (secondary N) is 1. The van der Waals surface area contributed by atoms with Gasteiger partial charge in [0.15, 0.2) is 12.6 Å². The highest BCUT2D eigenvalue weighted by atomic mass is 35.5. The number of aliphatic hydroxyl groups is 1. The van der Waals surface area contributed by atoms with Crippen LogP contribution in [0.5, 0.6) is 11.5 Å². The summed E-state index contributed by atoms with van der Waals surface area (Å²) in [5, 5.41) is 33.6. The molecule has 11 nitrogen and oxygen atoms in total. The van der Waals surface area contributed by atoms with E-state index < -0.39 is 17.7 Å². The number of ether oxygens (including phenoxy) is 4. The maximum absolute atomic E-state index is 14.6. The first-order valence-corrected chi connectivity index (χ1v) is 24.9. The number of aliphatic hydroxyl groups excluding tert-OH is 1. The van der Waals surface area contributed by atoms with Gasteiger partial charge in [0.1, 0.15) is 23.1 Å². The lowest BCUT2D eigenvalue weighted by molar-refractivity contribution is -0.164. The highest BCUT2D eigenvalue weighted by Crippen LogP contribution is 2.28. The Morgan fingerprint density at radius 3 is 1.55 bits per heavy atom. The molecular formula is C56H66Cl2F2N4O7. The van der Waals surface area contributed by atoms with Crippen LogP contribution >= 0.6 is 23.2 Å². The fourth-order valence-corrected chi connectivity index (χ4v) is 8.26. The molecule has 6 N–H and O–H groups in total. The molecule has 0 amide bonds. The Morgan fingerprint density at radius 2 is 1.08 bits per heavy atom. The summed E-state index contributed by atoms with van der Waals surface area (Å²) in [6.45, 7) is 6.71. The first-order valence-electron chi connectivity index (χ1n) is 24.1. The molecule has 0 aromatic heterocycles. The number of nitrogen functional groups attached to an aromatic ring is 1. The Labute approximate surface area is 426 Å². The molecule has 0 bridgehead atoms. The van der Waals surface area contributed by atoms with E-state index in [1.165, 1.54) is 29.3 Å². The predicted octanol–water partition coefficient (Wildman–Crippen LogP) is 11.9. The minimum absolute atomic E-state index is 0.0489. The quantitative estimate of drug-likeness (QED) is 0.0368. The zero-order chi connectivity index (χ0) is 50.2. The second-order valence-electron chi connectivity index (χ2n) is 17.5. The van der Waals surface area contributed by atoms with Crippen LogP contribution in [0, 0.1) is 11.6 Å². The highest BCUT2D eigenvalue weighted by Gasteiger charge is 2.21. The molecule has 2 fully saturated rings. The van der Waals surface area contributed by atoms with Crippen molar-refractivity contribution in [3.8, 4) is 11.5 Å². The normalized spacial score (nSPS) is 16.5. The van der Waals surface area contributed by atoms with Crippen molar-refractivity contribution in [2.75, 3.05) is 63.7 Å². The molecule has 2 saturated heterocycles. The number of halogens is 4. The number of phenols is 2. The van der Waals surface area contributed by atoms with Gasteiger partial charge in [-0.15, -0.1) is 0 Å². The molecule has 2 unspecified atom stereocenters. The summed E-state index contributed by atoms with van der Waals surface area (Å²) in [5.41, 5.74) is 9.74. The predicted molar refractivity (Wildman–Crippen MR) is 277 cm³/mol. The van der Waals surface area contributed by atoms with Crippen LogP contribution in [0.1, 0.15) is 72.9 Å². The summed E-state index contributed by atoms with van der Waals surface area (Å²) >= 11 is 12.1. The van der Waals surface area contributed by atoms with Crippen LogP contribution in [-0.2, 0) is 32.0 Å². The van der Waals surface area contributed by atoms with Crippen LogP contribution < -0.4 is 11.1 Å². The summed E-state index contributed by atoms with van der Waals surface area (Å²) in [4.78, 5) is 4.51. The molecule has 0 aliphatic carbocycles. The van der Waals surface area contributed by atoms with Gasteiger partial charge in [-0.2, -0.15) is 0 Å². The van der Waals surface area contributed by atoms with Gasteiger partial charge in [0, 0.05) is 74.7 Å². The number of phenolic OH excluding ortho intramolecular Hbond substituents is 2. The maximum atomic E-state index is 14.6. The molecule has 0 spiro atoms. The number of hydrogen-bond acceptors (Lipinski definition) is 11. The van der Waals surface area contributed by atoms with Gasteiger partial charge in [-0.1, -0.05) is 108 Å². The lowest BCUT2D eigenvalue weighted by atomic mass is 10.0. The summed E-state index contributed by atoms with van der Waals surface area (Å²) < 4.78 is 50.1. The fourth-order valence-electron chi connectivity index (χ4n) is 8.01. The lowest BCUT2D eigenvalue weighted by Gasteiger charge is -2.30. The highest BCUT2D eigenvalue weighted by molar-refractivity contribution is 6.30. The molecule has 6 aromatic carbocycles. The van der Waals surface area contributed by atoms with Crippen molar-refractivity contribution in [3.63, 3.8) is 0 Å². The van der Waals surface area contributed by atoms with E-state index in [2.05, 4.69) is 39.4 Å². The average Bonchev–Trinajstić information content (AvgIpc) is 3.38. The van der Waals surface area contributed by atoms with Crippen LogP contribution in [0.25, 0.3) is 0 Å². The summed E-state index contributed by atoms with van der Waals surface area (Å²) in [6.07, 6.45) is 5.58. The summed E-state index contributed by atoms with van der Waals surface area (Å²) in [6, 6.07) is 43.0. The number of nitrogens with zero attached hydrogens (tertiary/aromatic N) is 2. The SMILES string of the molecule is Nc1ccc(O)cc1F.O[C@@H](CN(CCOC1CCCCO1)Cc1ccccc1)c1ccc(Cl)cc1.Oc1ccc(N[C@@H](CN(CCOC2CCCCO2)Cc2ccccc2)c2ccc(Cl)cc2)c(F)c1. The third-order valence-electron chi connectivity index (χ3n) is 11.9. The van der Waals surface area contributed by atoms with Crippen molar-refractivity contribution >= 4 is 34.6 Å². The van der Waals surface area contributed by atoms with Gasteiger partial charge in [0.2, 0.25) is 0 Å². The molecule has 8 rings (SSSR count). The van der Waals surface area contributed by atoms with Crippen LogP contribution in [0.15, 0.2) is 146 Å². The number of anilines is 2. The molecule has 2 aliphatic rings. The van der Waals surface area contributed by atoms with Gasteiger partial charge in [-0.25, -0.2) is 8.78 Å². The van der Waals surface area contributed by atoms with Gasteiger partial charge in [0.25, 0.3) is 0 Å². The van der Waals surface area contributed by atoms with Crippen LogP contribution in [0.3, 0.4) is 0 Å². The van der Waals surface area contributed by atoms with Crippen molar-refractivity contribution in [3.05, 3.63) is 190 Å². The van der Waals surface area contributed by atoms with E-state index in [0.717, 1.165) is 94.6 Å². The fraction of sp³-hybridized carbons (Fsp3) is 0.357. The van der Waals surface area contributed by atoms with Crippen molar-refractivity contribution in [2.45, 2.75) is 76.3 Å². The van der Waals surface area contributed by atoms with Crippen molar-refractivity contribution in [2.24, 2.45) is 0 Å². The molecule has 2 aliphatic heterocycles. The van der Waals surface area contributed by atoms with Crippen LogP contribution in [-0.4, -0.2) is 90.3 Å². The number of rotatable bonds is 20. The van der Waals surface area contributed by atoms with E-state index >= 15 is 0 Å². The Hall–Kier alpha value is -5.32. The Bertz CT molecular complexity index is 2420. The Kier molecular flexibility index (Phi) is 23.2. The van der Waals surface area contributed by atoms with E-state index in [1.807, 2.05) is 84.9 Å². The van der Waals surface area contributed by atoms with Gasteiger partial charge < -0.3 is 45.3 Å². The van der Waals surface area contributed by atoms with E-state index in [4.69, 9.17) is 53.0 Å². The molecule has 0 saturated carbocycles. The molecule has 6 aromatic rings. The number of nitrogens with two attached hydrogens (primary N) is 1. The second-order valence-corrected chi connectivity index (χ2v) is 18.3. The van der Waals surface area contributed by atoms with E-state index in [9.17, 15) is 19.0 Å². The minimum Gasteiger partial charge on any atom is -0.508 e. The number of benzene rings is 6. The average molecular weight is 1020 g/mol. The van der Waals surface area contributed by atoms with E-state index in [1.54, 1.807) is 6.07 Å². The van der Waals surface area contributed by atoms with Gasteiger partial charge in [0.05, 0.1) is 36.7 Å². The van der Waals surface area contributed by atoms with Crippen LogP contribution in [0.2, 0.25) is 10.0 Å². The first kappa shape index (κ1) is 55.0. The smallest absolute Gasteiger partial charge is 0.157 e. The number of hydrogen-bond donors (Lipinski definition) is 5. The maximum Gasteiger partial charge on any atom is 0.157 e. The topological polar surface area (TPSA) is 142 Å². The van der Waals surface area contributed by atoms with Crippen molar-refractivity contribution < 1.29 is 43.0 Å². The van der Waals surface area contributed by atoms with E-state index in [-0.39, 0.29) is 35.8 Å². The van der Waals surface area contributed by atoms with Gasteiger partial charge >= 0.3 is 0 Å². The van der Waals surface area contributed by atoms with Crippen molar-refractivity contribution in [1.29, 1.82) is 0 Å². The van der Waals surface area contributed by atoms with E-state index in [0.29, 0.717) is 48.6 Å². The third kappa shape index (κ3) is 20.0. The molecule has 71 heavy (non-hydrogen) atoms. The van der Waals surface area contributed by atoms with Gasteiger partial charge in [-0.05, 0) is 109 Å². The van der Waals surface area contributed by atoms with Crippen LogP contribution in [0.4, 0.5) is 20.2 Å². The Morgan fingerprint density at radius 1 is 0.606 bits per heavy atom. The Balaban J connectivity index is 0.000000202. The number of aromatic hydroxyl groups is 2. The zero-order valence-electron chi connectivity index (χ0n) is 39.9. The van der Waals surface area contributed by atoms with Crippen molar-refractivity contribution in [1.82, 2.24) is 9.80 Å². The summed E-state index contributed by atoms with van der Waals surface area (Å²) in [7, 11) is 0. The molecule has 380 valence electrons. The molecular weight excluding hydrogens is 950 g/mol. The molecule has 0 radical (unpaired) electrons. The largest absolute Gasteiger partial charge is 0.508 e. The molecule has 2 heterocycles.